The summed E-state index contributed by atoms with van der Waals surface area (Å²) in [5.74, 6) is 0.771. The number of aryl methyl sites for hydroxylation is 1. The third-order valence-corrected chi connectivity index (χ3v) is 5.89. The lowest BCUT2D eigenvalue weighted by Gasteiger charge is -2.33. The molecule has 3 rings (SSSR count). The molecule has 1 atom stereocenters. The number of hydrogen-bond donors (Lipinski definition) is 1. The van der Waals surface area contributed by atoms with Crippen molar-refractivity contribution in [2.24, 2.45) is 5.92 Å². The number of piperazine rings is 1. The Kier molecular flexibility index (Phi) is 7.06. The first-order valence-electron chi connectivity index (χ1n) is 10.1. The summed E-state index contributed by atoms with van der Waals surface area (Å²) in [5, 5.41) is 3.17. The van der Waals surface area contributed by atoms with Gasteiger partial charge in [-0.05, 0) is 43.5 Å². The Morgan fingerprint density at radius 3 is 2.54 bits per heavy atom. The van der Waals surface area contributed by atoms with Crippen LogP contribution in [0.1, 0.15) is 24.5 Å². The van der Waals surface area contributed by atoms with Gasteiger partial charge in [0.05, 0.1) is 6.54 Å². The van der Waals surface area contributed by atoms with Crippen molar-refractivity contribution in [2.75, 3.05) is 58.9 Å². The van der Waals surface area contributed by atoms with Gasteiger partial charge in [0.25, 0.3) is 0 Å². The van der Waals surface area contributed by atoms with E-state index in [0.717, 1.165) is 58.9 Å². The molecule has 5 nitrogen and oxygen atoms in total. The Morgan fingerprint density at radius 1 is 1.08 bits per heavy atom. The third kappa shape index (κ3) is 5.53. The predicted molar refractivity (Wildman–Crippen MR) is 106 cm³/mol. The molecule has 0 aromatic heterocycles. The number of carbonyl (C=O) groups is 1. The molecule has 1 aromatic carbocycles. The third-order valence-electron chi connectivity index (χ3n) is 5.89. The molecule has 2 heterocycles. The molecular weight excluding hydrogens is 324 g/mol. The fraction of sp³-hybridized carbons (Fsp3) is 0.667. The number of hydrogen-bond acceptors (Lipinski definition) is 4. The molecule has 0 saturated carbocycles. The van der Waals surface area contributed by atoms with Crippen LogP contribution in [0, 0.1) is 12.8 Å². The second kappa shape index (κ2) is 9.49. The second-order valence-corrected chi connectivity index (χ2v) is 7.83. The van der Waals surface area contributed by atoms with Gasteiger partial charge in [-0.1, -0.05) is 31.2 Å². The maximum atomic E-state index is 12.3. The summed E-state index contributed by atoms with van der Waals surface area (Å²) < 4.78 is 0. The number of carbonyl (C=O) groups excluding carboxylic acids is 1. The Bertz CT molecular complexity index is 583. The predicted octanol–water partition coefficient (Wildman–Crippen LogP) is 1.57. The zero-order valence-electron chi connectivity index (χ0n) is 16.4. The van der Waals surface area contributed by atoms with Gasteiger partial charge in [-0.25, -0.2) is 0 Å². The first-order chi connectivity index (χ1) is 12.6. The van der Waals surface area contributed by atoms with Crippen molar-refractivity contribution in [3.8, 4) is 0 Å². The number of rotatable bonds is 7. The number of amides is 1. The lowest BCUT2D eigenvalue weighted by Crippen LogP contribution is -2.49. The van der Waals surface area contributed by atoms with Gasteiger partial charge in [0.2, 0.25) is 5.91 Å². The van der Waals surface area contributed by atoms with Gasteiger partial charge in [-0.15, -0.1) is 0 Å². The molecule has 26 heavy (non-hydrogen) atoms. The van der Waals surface area contributed by atoms with E-state index >= 15 is 0 Å². The van der Waals surface area contributed by atoms with E-state index in [-0.39, 0.29) is 5.91 Å². The lowest BCUT2D eigenvalue weighted by molar-refractivity contribution is -0.122. The highest BCUT2D eigenvalue weighted by molar-refractivity contribution is 5.78. The van der Waals surface area contributed by atoms with Crippen LogP contribution in [0.5, 0.6) is 0 Å². The van der Waals surface area contributed by atoms with Gasteiger partial charge in [-0.2, -0.15) is 0 Å². The number of nitrogens with zero attached hydrogens (tertiary/aromatic N) is 3. The Balaban J connectivity index is 1.34. The van der Waals surface area contributed by atoms with E-state index in [4.69, 9.17) is 0 Å². The average Bonchev–Trinajstić information content (AvgIpc) is 3.10. The van der Waals surface area contributed by atoms with Crippen LogP contribution < -0.4 is 5.32 Å². The molecule has 0 radical (unpaired) electrons. The fourth-order valence-corrected chi connectivity index (χ4v) is 4.03. The summed E-state index contributed by atoms with van der Waals surface area (Å²) in [5.41, 5.74) is 2.79. The van der Waals surface area contributed by atoms with Gasteiger partial charge >= 0.3 is 0 Å². The van der Waals surface area contributed by atoms with Crippen LogP contribution in [0.3, 0.4) is 0 Å². The molecule has 2 aliphatic rings. The largest absolute Gasteiger partial charge is 0.355 e. The van der Waals surface area contributed by atoms with Crippen molar-refractivity contribution in [3.05, 3.63) is 35.4 Å². The van der Waals surface area contributed by atoms with E-state index in [0.29, 0.717) is 12.5 Å². The smallest absolute Gasteiger partial charge is 0.234 e. The Hall–Kier alpha value is -1.43. The summed E-state index contributed by atoms with van der Waals surface area (Å²) in [6, 6.07) is 8.63. The van der Waals surface area contributed by atoms with Crippen molar-refractivity contribution in [1.82, 2.24) is 20.0 Å². The van der Waals surface area contributed by atoms with Crippen molar-refractivity contribution in [2.45, 2.75) is 26.8 Å². The van der Waals surface area contributed by atoms with Gasteiger partial charge in [0.15, 0.2) is 0 Å². The van der Waals surface area contributed by atoms with Crippen LogP contribution in [0.2, 0.25) is 0 Å². The Morgan fingerprint density at radius 2 is 1.81 bits per heavy atom. The monoisotopic (exact) mass is 358 g/mol. The molecule has 5 heteroatoms. The first-order valence-corrected chi connectivity index (χ1v) is 10.1. The van der Waals surface area contributed by atoms with E-state index in [1.54, 1.807) is 0 Å². The minimum atomic E-state index is 0.187. The molecule has 0 unspecified atom stereocenters. The molecule has 2 saturated heterocycles. The zero-order valence-corrected chi connectivity index (χ0v) is 16.4. The normalized spacial score (nSPS) is 22.6. The number of nitrogens with one attached hydrogen (secondary N) is 1. The molecule has 0 spiro atoms. The van der Waals surface area contributed by atoms with Crippen LogP contribution in [0.4, 0.5) is 0 Å². The fourth-order valence-electron chi connectivity index (χ4n) is 4.03. The van der Waals surface area contributed by atoms with Crippen LogP contribution in [-0.4, -0.2) is 79.5 Å². The quantitative estimate of drug-likeness (QED) is 0.803. The molecule has 0 bridgehead atoms. The highest BCUT2D eigenvalue weighted by Gasteiger charge is 2.24. The van der Waals surface area contributed by atoms with Gasteiger partial charge in [0.1, 0.15) is 0 Å². The molecule has 1 aromatic rings. The van der Waals surface area contributed by atoms with E-state index in [2.05, 4.69) is 58.1 Å². The molecule has 2 aliphatic heterocycles. The SMILES string of the molecule is CCN1CCN(CC(=O)NC[C@H]2CCN(Cc3ccccc3C)C2)CC1. The number of benzene rings is 1. The van der Waals surface area contributed by atoms with Crippen LogP contribution in [0.25, 0.3) is 0 Å². The van der Waals surface area contributed by atoms with Gasteiger partial charge < -0.3 is 10.2 Å². The molecule has 2 fully saturated rings. The standard InChI is InChI=1S/C21H34N4O/c1-3-23-10-12-24(13-11-23)17-21(26)22-14-19-8-9-25(15-19)16-20-7-5-4-6-18(20)2/h4-7,19H,3,8-17H2,1-2H3,(H,22,26)/t19-/m1/s1. The van der Waals surface area contributed by atoms with Crippen LogP contribution in [-0.2, 0) is 11.3 Å². The Labute approximate surface area is 158 Å². The molecular formula is C21H34N4O. The van der Waals surface area contributed by atoms with Crippen molar-refractivity contribution in [3.63, 3.8) is 0 Å². The average molecular weight is 359 g/mol. The van der Waals surface area contributed by atoms with Crippen LogP contribution in [0.15, 0.2) is 24.3 Å². The molecule has 0 aliphatic carbocycles. The summed E-state index contributed by atoms with van der Waals surface area (Å²) in [4.78, 5) is 19.5. The summed E-state index contributed by atoms with van der Waals surface area (Å²) in [6.07, 6.45) is 1.18. The number of likely N-dealkylation sites (N-methyl/N-ethyl adjacent to an activating group) is 1. The summed E-state index contributed by atoms with van der Waals surface area (Å²) in [7, 11) is 0. The van der Waals surface area contributed by atoms with Crippen molar-refractivity contribution in [1.29, 1.82) is 0 Å². The summed E-state index contributed by atoms with van der Waals surface area (Å²) in [6.45, 7) is 14.3. The minimum Gasteiger partial charge on any atom is -0.355 e. The van der Waals surface area contributed by atoms with E-state index in [1.165, 1.54) is 17.5 Å². The zero-order chi connectivity index (χ0) is 18.4. The van der Waals surface area contributed by atoms with E-state index in [9.17, 15) is 4.79 Å². The minimum absolute atomic E-state index is 0.187. The van der Waals surface area contributed by atoms with E-state index in [1.807, 2.05) is 0 Å². The van der Waals surface area contributed by atoms with Gasteiger partial charge in [-0.3, -0.25) is 14.6 Å². The second-order valence-electron chi connectivity index (χ2n) is 7.83. The van der Waals surface area contributed by atoms with Gasteiger partial charge in [0, 0.05) is 45.8 Å². The molecule has 1 N–H and O–H groups in total. The van der Waals surface area contributed by atoms with E-state index < -0.39 is 0 Å². The maximum absolute atomic E-state index is 12.3. The highest BCUT2D eigenvalue weighted by Crippen LogP contribution is 2.19. The maximum Gasteiger partial charge on any atom is 0.234 e. The summed E-state index contributed by atoms with van der Waals surface area (Å²) >= 11 is 0. The van der Waals surface area contributed by atoms with Crippen molar-refractivity contribution < 1.29 is 4.79 Å². The van der Waals surface area contributed by atoms with Crippen LogP contribution >= 0.6 is 0 Å². The molecule has 144 valence electrons. The topological polar surface area (TPSA) is 38.8 Å². The number of likely N-dealkylation sites (tertiary alicyclic amines) is 1. The first kappa shape index (κ1) is 19.3. The molecule has 1 amide bonds. The van der Waals surface area contributed by atoms with Crippen molar-refractivity contribution >= 4 is 5.91 Å². The highest BCUT2D eigenvalue weighted by atomic mass is 16.2. The lowest BCUT2D eigenvalue weighted by atomic mass is 10.1.